The number of phenols is 1. The van der Waals surface area contributed by atoms with Crippen molar-refractivity contribution in [1.82, 2.24) is 4.98 Å². The lowest BCUT2D eigenvalue weighted by atomic mass is 10.1. The minimum Gasteiger partial charge on any atom is -0.508 e. The highest BCUT2D eigenvalue weighted by Gasteiger charge is 2.02. The van der Waals surface area contributed by atoms with Crippen LogP contribution in [0.15, 0.2) is 30.3 Å². The highest BCUT2D eigenvalue weighted by molar-refractivity contribution is 5.80. The summed E-state index contributed by atoms with van der Waals surface area (Å²) in [5, 5.41) is 18.7. The summed E-state index contributed by atoms with van der Waals surface area (Å²) in [5.41, 5.74) is 1.52. The summed E-state index contributed by atoms with van der Waals surface area (Å²) < 4.78 is 0. The molecule has 0 fully saturated rings. The molecule has 1 heterocycles. The zero-order chi connectivity index (χ0) is 11.5. The molecule has 0 saturated heterocycles. The van der Waals surface area contributed by atoms with E-state index in [0.29, 0.717) is 6.42 Å². The zero-order valence-electron chi connectivity index (χ0n) is 8.55. The fourth-order valence-corrected chi connectivity index (χ4v) is 1.53. The van der Waals surface area contributed by atoms with E-state index in [4.69, 9.17) is 5.11 Å². The molecule has 4 heteroatoms. The molecule has 0 amide bonds. The molecule has 1 aromatic heterocycles. The van der Waals surface area contributed by atoms with Crippen LogP contribution < -0.4 is 0 Å². The molecule has 0 aliphatic heterocycles. The van der Waals surface area contributed by atoms with E-state index in [1.165, 1.54) is 0 Å². The number of aryl methyl sites for hydroxylation is 1. The third-order valence-corrected chi connectivity index (χ3v) is 2.33. The second-order valence-electron chi connectivity index (χ2n) is 3.57. The Bertz CT molecular complexity index is 537. The maximum absolute atomic E-state index is 10.4. The van der Waals surface area contributed by atoms with E-state index < -0.39 is 5.97 Å². The van der Waals surface area contributed by atoms with E-state index in [-0.39, 0.29) is 12.2 Å². The number of hydrogen-bond acceptors (Lipinski definition) is 3. The summed E-state index contributed by atoms with van der Waals surface area (Å²) in [6.07, 6.45) is 0.503. The van der Waals surface area contributed by atoms with Crippen LogP contribution in [0.1, 0.15) is 12.1 Å². The van der Waals surface area contributed by atoms with Crippen LogP contribution in [-0.4, -0.2) is 21.2 Å². The van der Waals surface area contributed by atoms with Crippen LogP contribution in [0, 0.1) is 0 Å². The number of carbonyl (C=O) groups is 1. The normalized spacial score (nSPS) is 10.5. The van der Waals surface area contributed by atoms with Gasteiger partial charge in [0.2, 0.25) is 0 Å². The number of benzene rings is 1. The monoisotopic (exact) mass is 217 g/mol. The number of aromatic nitrogens is 1. The van der Waals surface area contributed by atoms with Crippen molar-refractivity contribution in [2.24, 2.45) is 0 Å². The predicted octanol–water partition coefficient (Wildman–Crippen LogP) is 1.96. The number of carboxylic acid groups (broad SMARTS) is 1. The topological polar surface area (TPSA) is 70.4 Å². The third kappa shape index (κ3) is 2.28. The maximum atomic E-state index is 10.4. The zero-order valence-corrected chi connectivity index (χ0v) is 8.55. The number of fused-ring (bicyclic) bond motifs is 1. The number of hydrogen-bond donors (Lipinski definition) is 2. The van der Waals surface area contributed by atoms with Gasteiger partial charge in [-0.05, 0) is 24.3 Å². The summed E-state index contributed by atoms with van der Waals surface area (Å²) in [5.74, 6) is -0.625. The van der Waals surface area contributed by atoms with Crippen LogP contribution in [0.3, 0.4) is 0 Å². The van der Waals surface area contributed by atoms with Gasteiger partial charge in [0.1, 0.15) is 5.75 Å². The van der Waals surface area contributed by atoms with E-state index in [9.17, 15) is 9.90 Å². The maximum Gasteiger partial charge on any atom is 0.303 e. The van der Waals surface area contributed by atoms with E-state index >= 15 is 0 Å². The van der Waals surface area contributed by atoms with Crippen LogP contribution >= 0.6 is 0 Å². The van der Waals surface area contributed by atoms with Crippen LogP contribution in [0.5, 0.6) is 5.75 Å². The molecule has 0 aliphatic rings. The number of nitrogens with zero attached hydrogens (tertiary/aromatic N) is 1. The van der Waals surface area contributed by atoms with E-state index in [1.54, 1.807) is 24.3 Å². The smallest absolute Gasteiger partial charge is 0.303 e. The van der Waals surface area contributed by atoms with Gasteiger partial charge < -0.3 is 10.2 Å². The first-order valence-electron chi connectivity index (χ1n) is 4.95. The predicted molar refractivity (Wildman–Crippen MR) is 59.4 cm³/mol. The fraction of sp³-hybridized carbons (Fsp3) is 0.167. The molecule has 2 rings (SSSR count). The number of pyridine rings is 1. The van der Waals surface area contributed by atoms with Crippen molar-refractivity contribution in [2.75, 3.05) is 0 Å². The van der Waals surface area contributed by atoms with Gasteiger partial charge in [-0.3, -0.25) is 9.78 Å². The molecule has 0 atom stereocenters. The van der Waals surface area contributed by atoms with Gasteiger partial charge in [-0.1, -0.05) is 6.07 Å². The van der Waals surface area contributed by atoms with E-state index in [0.717, 1.165) is 16.6 Å². The van der Waals surface area contributed by atoms with Gasteiger partial charge in [0, 0.05) is 17.5 Å². The van der Waals surface area contributed by atoms with Gasteiger partial charge in [0.15, 0.2) is 0 Å². The Morgan fingerprint density at radius 3 is 2.81 bits per heavy atom. The molecule has 0 unspecified atom stereocenters. The Morgan fingerprint density at radius 2 is 2.06 bits per heavy atom. The largest absolute Gasteiger partial charge is 0.508 e. The van der Waals surface area contributed by atoms with Crippen molar-refractivity contribution in [3.8, 4) is 5.75 Å². The Morgan fingerprint density at radius 1 is 1.25 bits per heavy atom. The standard InChI is InChI=1S/C12H11NO3/c14-10-4-5-11-8(7-10)1-2-9(13-11)3-6-12(15)16/h1-2,4-5,7,14H,3,6H2,(H,15,16). The molecule has 16 heavy (non-hydrogen) atoms. The van der Waals surface area contributed by atoms with Gasteiger partial charge in [-0.15, -0.1) is 0 Å². The van der Waals surface area contributed by atoms with Gasteiger partial charge in [0.25, 0.3) is 0 Å². The molecule has 4 nitrogen and oxygen atoms in total. The Balaban J connectivity index is 2.30. The van der Waals surface area contributed by atoms with Crippen LogP contribution in [-0.2, 0) is 11.2 Å². The number of aliphatic carboxylic acids is 1. The molecule has 2 aromatic rings. The first-order chi connectivity index (χ1) is 7.65. The molecule has 0 bridgehead atoms. The highest BCUT2D eigenvalue weighted by Crippen LogP contribution is 2.18. The number of phenolic OH excluding ortho intramolecular Hbond substituents is 1. The second kappa shape index (κ2) is 4.18. The quantitative estimate of drug-likeness (QED) is 0.824. The molecule has 0 saturated carbocycles. The van der Waals surface area contributed by atoms with Gasteiger partial charge in [0.05, 0.1) is 11.9 Å². The molecule has 1 aromatic carbocycles. The molecule has 0 aliphatic carbocycles. The fourth-order valence-electron chi connectivity index (χ4n) is 1.53. The van der Waals surface area contributed by atoms with Crippen molar-refractivity contribution < 1.29 is 15.0 Å². The van der Waals surface area contributed by atoms with Crippen molar-refractivity contribution in [1.29, 1.82) is 0 Å². The first-order valence-corrected chi connectivity index (χ1v) is 4.95. The first kappa shape index (κ1) is 10.4. The lowest BCUT2D eigenvalue weighted by Crippen LogP contribution is -1.99. The van der Waals surface area contributed by atoms with Gasteiger partial charge in [-0.25, -0.2) is 0 Å². The molecular weight excluding hydrogens is 206 g/mol. The molecule has 0 spiro atoms. The van der Waals surface area contributed by atoms with Crippen LogP contribution in [0.4, 0.5) is 0 Å². The highest BCUT2D eigenvalue weighted by atomic mass is 16.4. The lowest BCUT2D eigenvalue weighted by molar-refractivity contribution is -0.136. The molecule has 82 valence electrons. The lowest BCUT2D eigenvalue weighted by Gasteiger charge is -2.02. The van der Waals surface area contributed by atoms with E-state index in [2.05, 4.69) is 4.98 Å². The van der Waals surface area contributed by atoms with Gasteiger partial charge in [-0.2, -0.15) is 0 Å². The van der Waals surface area contributed by atoms with Crippen molar-refractivity contribution in [2.45, 2.75) is 12.8 Å². The summed E-state index contributed by atoms with van der Waals surface area (Å²) in [6.45, 7) is 0. The Hall–Kier alpha value is -2.10. The average molecular weight is 217 g/mol. The summed E-state index contributed by atoms with van der Waals surface area (Å²) in [7, 11) is 0. The van der Waals surface area contributed by atoms with Crippen molar-refractivity contribution in [3.05, 3.63) is 36.0 Å². The SMILES string of the molecule is O=C(O)CCc1ccc2cc(O)ccc2n1. The Kier molecular flexibility index (Phi) is 2.72. The summed E-state index contributed by atoms with van der Waals surface area (Å²) in [4.78, 5) is 14.7. The third-order valence-electron chi connectivity index (χ3n) is 2.33. The Labute approximate surface area is 92.2 Å². The number of carboxylic acids is 1. The number of aromatic hydroxyl groups is 1. The summed E-state index contributed by atoms with van der Waals surface area (Å²) >= 11 is 0. The van der Waals surface area contributed by atoms with Crippen LogP contribution in [0.25, 0.3) is 10.9 Å². The van der Waals surface area contributed by atoms with Crippen LogP contribution in [0.2, 0.25) is 0 Å². The van der Waals surface area contributed by atoms with Crippen molar-refractivity contribution in [3.63, 3.8) is 0 Å². The van der Waals surface area contributed by atoms with Gasteiger partial charge >= 0.3 is 5.97 Å². The minimum absolute atomic E-state index is 0.0800. The molecule has 2 N–H and O–H groups in total. The average Bonchev–Trinajstić information content (AvgIpc) is 2.26. The van der Waals surface area contributed by atoms with Crippen molar-refractivity contribution >= 4 is 16.9 Å². The van der Waals surface area contributed by atoms with E-state index in [1.807, 2.05) is 6.07 Å². The minimum atomic E-state index is -0.826. The number of rotatable bonds is 3. The second-order valence-corrected chi connectivity index (χ2v) is 3.57. The molecular formula is C12H11NO3. The summed E-state index contributed by atoms with van der Waals surface area (Å²) in [6, 6.07) is 8.53. The molecule has 0 radical (unpaired) electrons.